The van der Waals surface area contributed by atoms with Gasteiger partial charge in [-0.3, -0.25) is 9.97 Å². The lowest BCUT2D eigenvalue weighted by molar-refractivity contribution is 0.0446. The molecule has 2 saturated heterocycles. The first kappa shape index (κ1) is 39.1. The largest absolute Gasteiger partial charge is 0.497 e. The third-order valence-electron chi connectivity index (χ3n) is 15.0. The molecule has 2 unspecified atom stereocenters. The van der Waals surface area contributed by atoms with Gasteiger partial charge >= 0.3 is 0 Å². The molecule has 4 fully saturated rings. The van der Waals surface area contributed by atoms with Crippen LogP contribution in [0.4, 0.5) is 0 Å². The molecule has 0 bridgehead atoms. The molecule has 3 aromatic heterocycles. The van der Waals surface area contributed by atoms with E-state index in [9.17, 15) is 0 Å². The average Bonchev–Trinajstić information content (AvgIpc) is 3.55. The Balaban J connectivity index is 1.05. The molecule has 5 heterocycles. The van der Waals surface area contributed by atoms with Crippen LogP contribution in [-0.2, 0) is 0 Å². The van der Waals surface area contributed by atoms with Gasteiger partial charge in [0.2, 0.25) is 11.8 Å². The lowest BCUT2D eigenvalue weighted by atomic mass is 9.61. The molecule has 2 aliphatic carbocycles. The van der Waals surface area contributed by atoms with Crippen LogP contribution in [0.25, 0.3) is 32.6 Å². The Morgan fingerprint density at radius 1 is 0.583 bits per heavy atom. The van der Waals surface area contributed by atoms with Gasteiger partial charge in [-0.1, -0.05) is 38.8 Å². The van der Waals surface area contributed by atoms with Crippen LogP contribution in [0.15, 0.2) is 85.2 Å². The van der Waals surface area contributed by atoms with Crippen LogP contribution in [0.3, 0.4) is 0 Å². The number of rotatable bonds is 12. The zero-order valence-corrected chi connectivity index (χ0v) is 35.3. The number of fused-ring (bicyclic) bond motifs is 5. The Morgan fingerprint density at radius 3 is 1.68 bits per heavy atom. The summed E-state index contributed by atoms with van der Waals surface area (Å²) in [5, 5.41) is 21.5. The molecule has 0 radical (unpaired) electrons. The maximum Gasteiger partial charge on any atom is 0.242 e. The zero-order chi connectivity index (χ0) is 40.7. The minimum atomic E-state index is -0.354. The summed E-state index contributed by atoms with van der Waals surface area (Å²) in [5.74, 6) is 6.99. The lowest BCUT2D eigenvalue weighted by Gasteiger charge is -2.45. The van der Waals surface area contributed by atoms with Crippen molar-refractivity contribution in [3.8, 4) is 23.3 Å². The fourth-order valence-corrected chi connectivity index (χ4v) is 11.6. The topological polar surface area (TPSA) is 113 Å². The maximum atomic E-state index is 7.29. The Hall–Kier alpha value is -5.06. The molecule has 0 amide bonds. The molecule has 10 rings (SSSR count). The summed E-state index contributed by atoms with van der Waals surface area (Å²) in [6, 6.07) is 24.8. The van der Waals surface area contributed by atoms with Gasteiger partial charge in [-0.15, -0.1) is 10.2 Å². The summed E-state index contributed by atoms with van der Waals surface area (Å²) in [6.45, 7) is 6.60. The Kier molecular flexibility index (Phi) is 10.9. The molecule has 10 atom stereocenters. The van der Waals surface area contributed by atoms with Gasteiger partial charge in [0.1, 0.15) is 23.7 Å². The summed E-state index contributed by atoms with van der Waals surface area (Å²) in [5.41, 5.74) is 3.93. The molecule has 2 aliphatic heterocycles. The second-order valence-corrected chi connectivity index (χ2v) is 17.8. The SMILES string of the molecule is CC[C@@H]1CC2CCN[C@@H]([C@H](Oc3nnc(O[C@H](c4ccnc5ccc(OC)cc45)[C@H]4CC5C[C@H](CC)[C@H]5CCN4)c4ccccc34)c3ccnc4ccc(OC)cc34)C[C@@H]21. The number of nitrogens with zero attached hydrogens (tertiary/aromatic N) is 4. The average molecular weight is 807 g/mol. The van der Waals surface area contributed by atoms with Crippen LogP contribution in [0.5, 0.6) is 23.3 Å². The van der Waals surface area contributed by atoms with Gasteiger partial charge in [0.25, 0.3) is 0 Å². The van der Waals surface area contributed by atoms with Gasteiger partial charge < -0.3 is 29.6 Å². The molecule has 2 N–H and O–H groups in total. The van der Waals surface area contributed by atoms with E-state index in [1.54, 1.807) is 14.2 Å². The summed E-state index contributed by atoms with van der Waals surface area (Å²) < 4.78 is 26.0. The normalized spacial score (nSPS) is 27.3. The second kappa shape index (κ2) is 16.8. The standard InChI is InChI=1S/C50H58N6O4/c1-5-29-24-32-25-45(54-20-16-35(29)32)47(36-17-21-51-43-13-11-33(57-3)26-41(36)43)59-49-38-9-7-8-10-39(38)50(56-55-49)60-48(46-28-40-30(6-2)23-31(40)15-19-53-46)37-18-22-52-44-14-12-34(58-4)27-42(37)44/h7-14,17-18,21-22,26-27,29-32,35,40,45-48,53-54H,5-6,15-16,19-20,23-25,28H2,1-4H3/t29-,30+,31?,32?,35+,40+,45+,46+,47+,48+/m0/s1. The van der Waals surface area contributed by atoms with Gasteiger partial charge in [-0.05, 0) is 148 Å². The van der Waals surface area contributed by atoms with Gasteiger partial charge in [0.15, 0.2) is 0 Å². The molecule has 2 saturated carbocycles. The van der Waals surface area contributed by atoms with E-state index in [0.29, 0.717) is 23.6 Å². The predicted molar refractivity (Wildman–Crippen MR) is 236 cm³/mol. The zero-order valence-electron chi connectivity index (χ0n) is 35.3. The monoisotopic (exact) mass is 806 g/mol. The molecule has 4 aliphatic rings. The third kappa shape index (κ3) is 7.19. The van der Waals surface area contributed by atoms with E-state index in [4.69, 9.17) is 39.1 Å². The van der Waals surface area contributed by atoms with Crippen LogP contribution in [-0.4, -0.2) is 59.6 Å². The smallest absolute Gasteiger partial charge is 0.242 e. The van der Waals surface area contributed by atoms with E-state index in [1.807, 2.05) is 48.8 Å². The van der Waals surface area contributed by atoms with E-state index in [-0.39, 0.29) is 24.3 Å². The molecule has 0 spiro atoms. The number of benzene rings is 3. The van der Waals surface area contributed by atoms with Crippen molar-refractivity contribution in [1.82, 2.24) is 30.8 Å². The molecule has 60 heavy (non-hydrogen) atoms. The summed E-state index contributed by atoms with van der Waals surface area (Å²) in [6.07, 6.45) is 12.6. The molecular weight excluding hydrogens is 749 g/mol. The summed E-state index contributed by atoms with van der Waals surface area (Å²) in [4.78, 5) is 9.49. The van der Waals surface area contributed by atoms with Gasteiger partial charge in [-0.2, -0.15) is 0 Å². The van der Waals surface area contributed by atoms with Crippen LogP contribution in [0.2, 0.25) is 0 Å². The molecule has 3 aromatic carbocycles. The second-order valence-electron chi connectivity index (χ2n) is 17.8. The Bertz CT molecular complexity index is 2480. The number of methoxy groups -OCH3 is 2. The van der Waals surface area contributed by atoms with Crippen molar-refractivity contribution in [3.05, 3.63) is 96.3 Å². The highest BCUT2D eigenvalue weighted by molar-refractivity contribution is 5.91. The number of ether oxygens (including phenoxy) is 4. The molecule has 10 nitrogen and oxygen atoms in total. The Labute approximate surface area is 353 Å². The fraction of sp³-hybridized carbons (Fsp3) is 0.480. The highest BCUT2D eigenvalue weighted by Crippen LogP contribution is 2.51. The highest BCUT2D eigenvalue weighted by atomic mass is 16.5. The highest BCUT2D eigenvalue weighted by Gasteiger charge is 2.46. The van der Waals surface area contributed by atoms with Crippen molar-refractivity contribution in [2.45, 2.75) is 89.5 Å². The van der Waals surface area contributed by atoms with Crippen molar-refractivity contribution < 1.29 is 18.9 Å². The maximum absolute atomic E-state index is 7.29. The minimum absolute atomic E-state index is 0.0629. The molecular formula is C50H58N6O4. The van der Waals surface area contributed by atoms with Crippen LogP contribution < -0.4 is 29.6 Å². The first-order valence-electron chi connectivity index (χ1n) is 22.4. The van der Waals surface area contributed by atoms with E-state index in [0.717, 1.165) is 105 Å². The third-order valence-corrected chi connectivity index (χ3v) is 15.0. The summed E-state index contributed by atoms with van der Waals surface area (Å²) in [7, 11) is 3.42. The number of aromatic nitrogens is 4. The van der Waals surface area contributed by atoms with Crippen molar-refractivity contribution in [2.24, 2.45) is 35.5 Å². The molecule has 6 aromatic rings. The minimum Gasteiger partial charge on any atom is -0.497 e. The number of pyridine rings is 2. The van der Waals surface area contributed by atoms with Gasteiger partial charge in [0.05, 0.1) is 36.0 Å². The van der Waals surface area contributed by atoms with Gasteiger partial charge in [0, 0.05) is 46.4 Å². The predicted octanol–water partition coefficient (Wildman–Crippen LogP) is 9.81. The fourth-order valence-electron chi connectivity index (χ4n) is 11.6. The summed E-state index contributed by atoms with van der Waals surface area (Å²) >= 11 is 0. The Morgan fingerprint density at radius 2 is 1.12 bits per heavy atom. The van der Waals surface area contributed by atoms with Crippen LogP contribution in [0.1, 0.15) is 88.5 Å². The van der Waals surface area contributed by atoms with E-state index < -0.39 is 0 Å². The molecule has 312 valence electrons. The van der Waals surface area contributed by atoms with Crippen LogP contribution >= 0.6 is 0 Å². The lowest BCUT2D eigenvalue weighted by Crippen LogP contribution is -2.41. The number of nitrogens with one attached hydrogen (secondary N) is 2. The quantitative estimate of drug-likeness (QED) is 0.124. The van der Waals surface area contributed by atoms with Gasteiger partial charge in [-0.25, -0.2) is 0 Å². The van der Waals surface area contributed by atoms with E-state index >= 15 is 0 Å². The van der Waals surface area contributed by atoms with Crippen molar-refractivity contribution >= 4 is 32.6 Å². The van der Waals surface area contributed by atoms with E-state index in [2.05, 4.69) is 60.9 Å². The van der Waals surface area contributed by atoms with Crippen molar-refractivity contribution in [1.29, 1.82) is 0 Å². The first-order chi connectivity index (χ1) is 29.5. The number of hydrogen-bond donors (Lipinski definition) is 2. The van der Waals surface area contributed by atoms with Crippen LogP contribution in [0, 0.1) is 35.5 Å². The van der Waals surface area contributed by atoms with E-state index in [1.165, 1.54) is 38.5 Å². The number of hydrogen-bond acceptors (Lipinski definition) is 10. The first-order valence-corrected chi connectivity index (χ1v) is 22.4. The van der Waals surface area contributed by atoms with Crippen molar-refractivity contribution in [2.75, 3.05) is 27.3 Å². The van der Waals surface area contributed by atoms with Crippen molar-refractivity contribution in [3.63, 3.8) is 0 Å². The molecule has 10 heteroatoms.